The Kier molecular flexibility index (Phi) is 4.84. The van der Waals surface area contributed by atoms with Crippen LogP contribution >= 0.6 is 11.6 Å². The highest BCUT2D eigenvalue weighted by Crippen LogP contribution is 2.29. The number of aromatic amines is 1. The number of halogens is 1. The molecule has 0 atom stereocenters. The third kappa shape index (κ3) is 3.79. The molecule has 0 fully saturated rings. The van der Waals surface area contributed by atoms with Crippen LogP contribution in [0.4, 0.5) is 5.69 Å². The maximum atomic E-state index is 12.8. The van der Waals surface area contributed by atoms with Gasteiger partial charge in [0.1, 0.15) is 4.90 Å². The van der Waals surface area contributed by atoms with E-state index < -0.39 is 10.0 Å². The van der Waals surface area contributed by atoms with Crippen molar-refractivity contribution in [1.29, 1.82) is 0 Å². The average molecular weight is 390 g/mol. The lowest BCUT2D eigenvalue weighted by Gasteiger charge is -2.12. The second kappa shape index (κ2) is 6.93. The zero-order chi connectivity index (χ0) is 18.9. The molecule has 1 aromatic heterocycles. The predicted molar refractivity (Wildman–Crippen MR) is 102 cm³/mol. The topological polar surface area (TPSA) is 91.9 Å². The normalized spacial score (nSPS) is 11.3. The minimum absolute atomic E-state index is 0.0668. The number of anilines is 1. The molecule has 134 valence electrons. The molecule has 0 bridgehead atoms. The summed E-state index contributed by atoms with van der Waals surface area (Å²) in [5.41, 5.74) is 3.11. The molecular formula is C18H16ClN3O3S. The van der Waals surface area contributed by atoms with E-state index in [-0.39, 0.29) is 15.5 Å². The lowest BCUT2D eigenvalue weighted by molar-refractivity contribution is 0.601. The van der Waals surface area contributed by atoms with E-state index >= 15 is 0 Å². The van der Waals surface area contributed by atoms with Gasteiger partial charge in [0.2, 0.25) is 0 Å². The molecule has 3 rings (SSSR count). The summed E-state index contributed by atoms with van der Waals surface area (Å²) in [6.07, 6.45) is 0. The fourth-order valence-corrected chi connectivity index (χ4v) is 3.97. The molecule has 0 aliphatic carbocycles. The summed E-state index contributed by atoms with van der Waals surface area (Å²) < 4.78 is 28.1. The van der Waals surface area contributed by atoms with E-state index in [9.17, 15) is 13.2 Å². The molecule has 26 heavy (non-hydrogen) atoms. The first-order valence-corrected chi connectivity index (χ1v) is 9.58. The van der Waals surface area contributed by atoms with Crippen LogP contribution in [0.15, 0.2) is 58.2 Å². The molecule has 8 heteroatoms. The summed E-state index contributed by atoms with van der Waals surface area (Å²) in [6, 6.07) is 12.7. The van der Waals surface area contributed by atoms with Crippen LogP contribution in [-0.2, 0) is 10.0 Å². The molecule has 0 aliphatic rings. The van der Waals surface area contributed by atoms with Gasteiger partial charge in [0.25, 0.3) is 15.6 Å². The lowest BCUT2D eigenvalue weighted by atomic mass is 10.1. The number of sulfonamides is 1. The molecule has 0 unspecified atom stereocenters. The van der Waals surface area contributed by atoms with Crippen molar-refractivity contribution >= 4 is 27.3 Å². The summed E-state index contributed by atoms with van der Waals surface area (Å²) in [6.45, 7) is 3.85. The highest BCUT2D eigenvalue weighted by Gasteiger charge is 2.19. The van der Waals surface area contributed by atoms with Crippen molar-refractivity contribution in [3.8, 4) is 11.3 Å². The predicted octanol–water partition coefficient (Wildman–Crippen LogP) is 3.51. The molecule has 6 nitrogen and oxygen atoms in total. The van der Waals surface area contributed by atoms with E-state index in [4.69, 9.17) is 11.6 Å². The Hall–Kier alpha value is -2.64. The van der Waals surface area contributed by atoms with Crippen molar-refractivity contribution in [2.45, 2.75) is 18.7 Å². The minimum atomic E-state index is -3.89. The maximum Gasteiger partial charge on any atom is 0.264 e. The Balaban J connectivity index is 2.01. The van der Waals surface area contributed by atoms with Crippen LogP contribution in [0.1, 0.15) is 11.1 Å². The first-order chi connectivity index (χ1) is 12.3. The van der Waals surface area contributed by atoms with Crippen molar-refractivity contribution in [3.05, 3.63) is 75.0 Å². The van der Waals surface area contributed by atoms with Gasteiger partial charge in [0, 0.05) is 17.3 Å². The van der Waals surface area contributed by atoms with Gasteiger partial charge in [-0.3, -0.25) is 9.52 Å². The zero-order valence-corrected chi connectivity index (χ0v) is 15.6. The van der Waals surface area contributed by atoms with Gasteiger partial charge >= 0.3 is 0 Å². The van der Waals surface area contributed by atoms with Gasteiger partial charge in [-0.2, -0.15) is 5.10 Å². The van der Waals surface area contributed by atoms with E-state index in [2.05, 4.69) is 14.9 Å². The standard InChI is InChI=1S/C18H16ClN3O3S/c1-11-3-5-14(9-12(11)2)22-26(24,25)17-10-13(4-6-15(17)19)16-7-8-18(23)21-20-16/h3-10,22H,1-2H3,(H,21,23). The Bertz CT molecular complexity index is 1120. The Labute approximate surface area is 155 Å². The summed E-state index contributed by atoms with van der Waals surface area (Å²) in [5.74, 6) is 0. The summed E-state index contributed by atoms with van der Waals surface area (Å²) in [7, 11) is -3.89. The molecule has 0 saturated carbocycles. The van der Waals surface area contributed by atoms with Gasteiger partial charge in [-0.25, -0.2) is 13.5 Å². The van der Waals surface area contributed by atoms with Gasteiger partial charge in [0.15, 0.2) is 0 Å². The molecule has 3 aromatic rings. The number of rotatable bonds is 4. The number of hydrogen-bond donors (Lipinski definition) is 2. The van der Waals surface area contributed by atoms with Crippen molar-refractivity contribution in [2.75, 3.05) is 4.72 Å². The fourth-order valence-electron chi connectivity index (χ4n) is 2.39. The van der Waals surface area contributed by atoms with Crippen LogP contribution < -0.4 is 10.3 Å². The van der Waals surface area contributed by atoms with Gasteiger partial charge in [-0.15, -0.1) is 0 Å². The largest absolute Gasteiger partial charge is 0.280 e. The van der Waals surface area contributed by atoms with E-state index in [1.165, 1.54) is 24.3 Å². The molecular weight excluding hydrogens is 374 g/mol. The Morgan fingerprint density at radius 1 is 1.00 bits per heavy atom. The zero-order valence-electron chi connectivity index (χ0n) is 14.1. The lowest BCUT2D eigenvalue weighted by Crippen LogP contribution is -2.14. The molecule has 2 aromatic carbocycles. The second-order valence-electron chi connectivity index (χ2n) is 5.86. The highest BCUT2D eigenvalue weighted by molar-refractivity contribution is 7.92. The number of aromatic nitrogens is 2. The monoisotopic (exact) mass is 389 g/mol. The first-order valence-electron chi connectivity index (χ1n) is 7.72. The maximum absolute atomic E-state index is 12.8. The van der Waals surface area contributed by atoms with Crippen LogP contribution in [0.2, 0.25) is 5.02 Å². The number of H-pyrrole nitrogens is 1. The van der Waals surface area contributed by atoms with Gasteiger partial charge in [-0.05, 0) is 55.3 Å². The van der Waals surface area contributed by atoms with Crippen LogP contribution in [0.25, 0.3) is 11.3 Å². The molecule has 2 N–H and O–H groups in total. The van der Waals surface area contributed by atoms with Crippen molar-refractivity contribution in [2.24, 2.45) is 0 Å². The van der Waals surface area contributed by atoms with E-state index in [1.807, 2.05) is 19.9 Å². The second-order valence-corrected chi connectivity index (χ2v) is 7.91. The number of hydrogen-bond acceptors (Lipinski definition) is 4. The first kappa shape index (κ1) is 18.2. The Morgan fingerprint density at radius 3 is 2.42 bits per heavy atom. The SMILES string of the molecule is Cc1ccc(NS(=O)(=O)c2cc(-c3ccc(=O)[nH]n3)ccc2Cl)cc1C. The highest BCUT2D eigenvalue weighted by atomic mass is 35.5. The summed E-state index contributed by atoms with van der Waals surface area (Å²) >= 11 is 6.12. The van der Waals surface area contributed by atoms with Crippen molar-refractivity contribution < 1.29 is 8.42 Å². The Morgan fingerprint density at radius 2 is 1.77 bits per heavy atom. The van der Waals surface area contributed by atoms with Crippen LogP contribution in [0.5, 0.6) is 0 Å². The summed E-state index contributed by atoms with van der Waals surface area (Å²) in [4.78, 5) is 11.1. The number of benzene rings is 2. The van der Waals surface area contributed by atoms with Gasteiger partial charge in [-0.1, -0.05) is 23.7 Å². The van der Waals surface area contributed by atoms with Crippen molar-refractivity contribution in [3.63, 3.8) is 0 Å². The van der Waals surface area contributed by atoms with Gasteiger partial charge in [0.05, 0.1) is 10.7 Å². The van der Waals surface area contributed by atoms with Crippen LogP contribution in [0, 0.1) is 13.8 Å². The molecule has 0 saturated heterocycles. The van der Waals surface area contributed by atoms with Crippen molar-refractivity contribution in [1.82, 2.24) is 10.2 Å². The van der Waals surface area contributed by atoms with E-state index in [0.717, 1.165) is 11.1 Å². The van der Waals surface area contributed by atoms with E-state index in [0.29, 0.717) is 16.9 Å². The summed E-state index contributed by atoms with van der Waals surface area (Å²) in [5, 5.41) is 6.32. The van der Waals surface area contributed by atoms with Crippen LogP contribution in [-0.4, -0.2) is 18.6 Å². The average Bonchev–Trinajstić information content (AvgIpc) is 2.59. The molecule has 0 amide bonds. The minimum Gasteiger partial charge on any atom is -0.280 e. The number of nitrogens with one attached hydrogen (secondary N) is 2. The van der Waals surface area contributed by atoms with Gasteiger partial charge < -0.3 is 0 Å². The van der Waals surface area contributed by atoms with E-state index in [1.54, 1.807) is 18.2 Å². The third-order valence-electron chi connectivity index (χ3n) is 3.95. The van der Waals surface area contributed by atoms with Crippen LogP contribution in [0.3, 0.4) is 0 Å². The quantitative estimate of drug-likeness (QED) is 0.714. The molecule has 0 spiro atoms. The molecule has 0 radical (unpaired) electrons. The molecule has 1 heterocycles. The molecule has 0 aliphatic heterocycles. The smallest absolute Gasteiger partial charge is 0.264 e. The third-order valence-corrected chi connectivity index (χ3v) is 5.82. The number of nitrogens with zero attached hydrogens (tertiary/aromatic N) is 1. The number of aryl methyl sites for hydroxylation is 2. The fraction of sp³-hybridized carbons (Fsp3) is 0.111.